The van der Waals surface area contributed by atoms with Crippen LogP contribution in [0.3, 0.4) is 0 Å². The molecule has 0 aromatic heterocycles. The fraction of sp³-hybridized carbons (Fsp3) is 0.333. The highest BCUT2D eigenvalue weighted by Crippen LogP contribution is 2.42. The van der Waals surface area contributed by atoms with Crippen LogP contribution in [0.5, 0.6) is 5.75 Å². The average Bonchev–Trinajstić information content (AvgIpc) is 2.63. The van der Waals surface area contributed by atoms with E-state index in [2.05, 4.69) is 87.2 Å². The molecular formula is C21H23Br2N3O2. The Kier molecular flexibility index (Phi) is 5.87. The van der Waals surface area contributed by atoms with Gasteiger partial charge in [-0.1, -0.05) is 13.0 Å². The number of carbonyl (C=O) groups is 1. The van der Waals surface area contributed by atoms with Crippen molar-refractivity contribution in [2.24, 2.45) is 5.10 Å². The minimum atomic E-state index is -0.356. The molecule has 2 N–H and O–H groups in total. The summed E-state index contributed by atoms with van der Waals surface area (Å²) in [5, 5.41) is 13.8. The van der Waals surface area contributed by atoms with Gasteiger partial charge < -0.3 is 10.0 Å². The van der Waals surface area contributed by atoms with Crippen LogP contribution in [-0.2, 0) is 0 Å². The monoisotopic (exact) mass is 507 g/mol. The second-order valence-corrected chi connectivity index (χ2v) is 9.49. The van der Waals surface area contributed by atoms with Crippen molar-refractivity contribution in [3.63, 3.8) is 0 Å². The minimum absolute atomic E-state index is 0.0522. The molecule has 28 heavy (non-hydrogen) atoms. The van der Waals surface area contributed by atoms with Gasteiger partial charge in [0.05, 0.1) is 15.2 Å². The zero-order valence-electron chi connectivity index (χ0n) is 16.3. The lowest BCUT2D eigenvalue weighted by atomic mass is 9.80. The molecule has 0 aliphatic carbocycles. The quantitative estimate of drug-likeness (QED) is 0.430. The van der Waals surface area contributed by atoms with Crippen LogP contribution in [0.4, 0.5) is 5.69 Å². The first-order valence-corrected chi connectivity index (χ1v) is 10.6. The lowest BCUT2D eigenvalue weighted by Crippen LogP contribution is -2.45. The van der Waals surface area contributed by atoms with E-state index in [1.54, 1.807) is 18.3 Å². The number of carbonyl (C=O) groups excluding carboxylic acids is 1. The number of hydrazone groups is 1. The van der Waals surface area contributed by atoms with Crippen LogP contribution in [0.2, 0.25) is 0 Å². The molecule has 1 atom stereocenters. The number of nitrogens with zero attached hydrogens (tertiary/aromatic N) is 2. The smallest absolute Gasteiger partial charge is 0.271 e. The first-order valence-electron chi connectivity index (χ1n) is 8.99. The number of halogens is 2. The Morgan fingerprint density at radius 3 is 2.57 bits per heavy atom. The summed E-state index contributed by atoms with van der Waals surface area (Å²) in [5.74, 6) is 0.151. The number of nitrogens with one attached hydrogen (secondary N) is 1. The molecule has 1 aliphatic heterocycles. The number of fused-ring (bicyclic) bond motifs is 1. The van der Waals surface area contributed by atoms with E-state index >= 15 is 0 Å². The number of rotatable bonds is 3. The molecule has 0 saturated heterocycles. The Labute approximate surface area is 182 Å². The predicted octanol–water partition coefficient (Wildman–Crippen LogP) is 5.40. The summed E-state index contributed by atoms with van der Waals surface area (Å²) in [4.78, 5) is 14.6. The first-order chi connectivity index (χ1) is 13.1. The van der Waals surface area contributed by atoms with Crippen molar-refractivity contribution in [2.45, 2.75) is 38.6 Å². The van der Waals surface area contributed by atoms with E-state index in [4.69, 9.17) is 0 Å². The summed E-state index contributed by atoms with van der Waals surface area (Å²) in [5.41, 5.74) is 6.52. The van der Waals surface area contributed by atoms with Crippen molar-refractivity contribution in [1.82, 2.24) is 5.43 Å². The topological polar surface area (TPSA) is 64.9 Å². The molecule has 0 radical (unpaired) electrons. The van der Waals surface area contributed by atoms with E-state index < -0.39 is 0 Å². The maximum atomic E-state index is 12.3. The first kappa shape index (κ1) is 20.9. The Hall–Kier alpha value is -1.86. The average molecular weight is 509 g/mol. The largest absolute Gasteiger partial charge is 0.506 e. The third kappa shape index (κ3) is 4.10. The van der Waals surface area contributed by atoms with Crippen molar-refractivity contribution < 1.29 is 9.90 Å². The maximum absolute atomic E-state index is 12.3. The van der Waals surface area contributed by atoms with Crippen LogP contribution in [0.25, 0.3) is 0 Å². The summed E-state index contributed by atoms with van der Waals surface area (Å²) < 4.78 is 0.874. The Morgan fingerprint density at radius 2 is 1.93 bits per heavy atom. The van der Waals surface area contributed by atoms with E-state index in [1.807, 2.05) is 6.07 Å². The molecule has 2 aromatic rings. The van der Waals surface area contributed by atoms with Crippen molar-refractivity contribution in [3.05, 3.63) is 56.0 Å². The van der Waals surface area contributed by atoms with Gasteiger partial charge in [-0.15, -0.1) is 0 Å². The van der Waals surface area contributed by atoms with Gasteiger partial charge in [-0.3, -0.25) is 4.79 Å². The van der Waals surface area contributed by atoms with Crippen molar-refractivity contribution in [1.29, 1.82) is 0 Å². The number of aromatic hydroxyl groups is 1. The third-order valence-electron chi connectivity index (χ3n) is 5.32. The summed E-state index contributed by atoms with van der Waals surface area (Å²) in [6, 6.07) is 9.35. The van der Waals surface area contributed by atoms with Gasteiger partial charge in [0.25, 0.3) is 5.91 Å². The molecule has 7 heteroatoms. The molecule has 0 fully saturated rings. The highest BCUT2D eigenvalue weighted by atomic mass is 79.9. The van der Waals surface area contributed by atoms with Crippen molar-refractivity contribution in [2.75, 3.05) is 11.9 Å². The maximum Gasteiger partial charge on any atom is 0.271 e. The number of amides is 1. The van der Waals surface area contributed by atoms with E-state index in [1.165, 1.54) is 11.3 Å². The molecule has 1 unspecified atom stereocenters. The standard InChI is InChI=1S/C21H23Br2N3O2/c1-12-10-21(2,3)26(4)18-6-5-13(7-15(12)18)11-24-25-20(28)14-8-16(22)19(27)17(23)9-14/h5-9,11-12,27H,10H2,1-4H3,(H,25,28)/b24-11-. The van der Waals surface area contributed by atoms with Gasteiger partial charge in [0, 0.05) is 23.8 Å². The molecule has 1 amide bonds. The van der Waals surface area contributed by atoms with Crippen LogP contribution in [0.15, 0.2) is 44.4 Å². The molecule has 5 nitrogen and oxygen atoms in total. The van der Waals surface area contributed by atoms with Gasteiger partial charge in [0.15, 0.2) is 0 Å². The van der Waals surface area contributed by atoms with Gasteiger partial charge in [0.2, 0.25) is 0 Å². The van der Waals surface area contributed by atoms with Crippen LogP contribution in [0, 0.1) is 0 Å². The molecule has 1 heterocycles. The zero-order chi connectivity index (χ0) is 20.6. The second-order valence-electron chi connectivity index (χ2n) is 7.78. The van der Waals surface area contributed by atoms with Crippen molar-refractivity contribution in [3.8, 4) is 5.75 Å². The summed E-state index contributed by atoms with van der Waals surface area (Å²) in [7, 11) is 2.13. The molecule has 0 spiro atoms. The number of phenols is 1. The molecule has 0 saturated carbocycles. The zero-order valence-corrected chi connectivity index (χ0v) is 19.4. The number of benzene rings is 2. The Bertz CT molecular complexity index is 934. The van der Waals surface area contributed by atoms with Crippen LogP contribution in [-0.4, -0.2) is 29.8 Å². The molecule has 1 aliphatic rings. The highest BCUT2D eigenvalue weighted by molar-refractivity contribution is 9.11. The van der Waals surface area contributed by atoms with E-state index in [-0.39, 0.29) is 17.2 Å². The number of hydrogen-bond donors (Lipinski definition) is 2. The Morgan fingerprint density at radius 1 is 1.29 bits per heavy atom. The number of phenolic OH excluding ortho intramolecular Hbond substituents is 1. The fourth-order valence-electron chi connectivity index (χ4n) is 3.60. The molecule has 148 valence electrons. The minimum Gasteiger partial charge on any atom is -0.506 e. The van der Waals surface area contributed by atoms with Gasteiger partial charge in [0.1, 0.15) is 5.75 Å². The van der Waals surface area contributed by atoms with E-state index in [0.717, 1.165) is 12.0 Å². The predicted molar refractivity (Wildman–Crippen MR) is 121 cm³/mol. The highest BCUT2D eigenvalue weighted by Gasteiger charge is 2.33. The Balaban J connectivity index is 1.75. The van der Waals surface area contributed by atoms with Crippen LogP contribution in [0.1, 0.15) is 54.6 Å². The van der Waals surface area contributed by atoms with Gasteiger partial charge >= 0.3 is 0 Å². The second kappa shape index (κ2) is 7.87. The SMILES string of the molecule is CC1CC(C)(C)N(C)c2ccc(/C=N\NC(=O)c3cc(Br)c(O)c(Br)c3)cc21. The van der Waals surface area contributed by atoms with E-state index in [0.29, 0.717) is 20.4 Å². The molecular weight excluding hydrogens is 486 g/mol. The van der Waals surface area contributed by atoms with Crippen LogP contribution < -0.4 is 10.3 Å². The van der Waals surface area contributed by atoms with Gasteiger partial charge in [-0.25, -0.2) is 5.43 Å². The normalized spacial score (nSPS) is 18.2. The third-order valence-corrected chi connectivity index (χ3v) is 6.53. The summed E-state index contributed by atoms with van der Waals surface area (Å²) in [6.45, 7) is 6.77. The fourth-order valence-corrected chi connectivity index (χ4v) is 4.79. The lowest BCUT2D eigenvalue weighted by molar-refractivity contribution is 0.0955. The van der Waals surface area contributed by atoms with Gasteiger partial charge in [-0.2, -0.15) is 5.10 Å². The molecule has 3 rings (SSSR count). The van der Waals surface area contributed by atoms with Crippen molar-refractivity contribution >= 4 is 49.7 Å². The van der Waals surface area contributed by atoms with Gasteiger partial charge in [-0.05, 0) is 93.4 Å². The lowest BCUT2D eigenvalue weighted by Gasteiger charge is -2.45. The molecule has 0 bridgehead atoms. The van der Waals surface area contributed by atoms with E-state index in [9.17, 15) is 9.90 Å². The number of hydrogen-bond acceptors (Lipinski definition) is 4. The summed E-state index contributed by atoms with van der Waals surface area (Å²) in [6.07, 6.45) is 2.73. The number of anilines is 1. The van der Waals surface area contributed by atoms with Crippen LogP contribution >= 0.6 is 31.9 Å². The summed E-state index contributed by atoms with van der Waals surface area (Å²) >= 11 is 6.44. The molecule has 2 aromatic carbocycles.